The summed E-state index contributed by atoms with van der Waals surface area (Å²) >= 11 is 0. The molecule has 13 nitrogen and oxygen atoms in total. The van der Waals surface area contributed by atoms with E-state index < -0.39 is 19.5 Å². The van der Waals surface area contributed by atoms with E-state index in [2.05, 4.69) is 19.8 Å². The van der Waals surface area contributed by atoms with Crippen LogP contribution in [-0.4, -0.2) is 58.0 Å². The van der Waals surface area contributed by atoms with Crippen LogP contribution < -0.4 is 24.1 Å². The first-order chi connectivity index (χ1) is 18.8. The van der Waals surface area contributed by atoms with E-state index in [4.69, 9.17) is 28.7 Å². The molecule has 14 heteroatoms. The average Bonchev–Trinajstić information content (AvgIpc) is 2.87. The number of hydrogen-bond acceptors (Lipinski definition) is 10. The van der Waals surface area contributed by atoms with E-state index in [1.807, 2.05) is 0 Å². The Labute approximate surface area is 231 Å². The number of ether oxygens (including phenoxy) is 4. The lowest BCUT2D eigenvalue weighted by molar-refractivity contribution is 0.0525. The number of alkyl carbamates (subject to hydrolysis) is 1. The number of nitrogens with one attached hydrogen (secondary N) is 1. The number of Topliss-reactive ketones (excluding diaryl/α,β-unsaturated/α-hetero) is 1. The van der Waals surface area contributed by atoms with Gasteiger partial charge in [0.05, 0.1) is 30.8 Å². The number of benzene rings is 2. The lowest BCUT2D eigenvalue weighted by atomic mass is 10.1. The Balaban J connectivity index is 1.82. The van der Waals surface area contributed by atoms with Gasteiger partial charge >= 0.3 is 13.9 Å². The van der Waals surface area contributed by atoms with Gasteiger partial charge in [0.2, 0.25) is 5.88 Å². The lowest BCUT2D eigenvalue weighted by Crippen LogP contribution is -2.33. The van der Waals surface area contributed by atoms with Crippen LogP contribution in [0.25, 0.3) is 11.0 Å². The number of methoxy groups -OCH3 is 2. The fourth-order valence-electron chi connectivity index (χ4n) is 3.57. The minimum absolute atomic E-state index is 0.00959. The van der Waals surface area contributed by atoms with Crippen LogP contribution >= 0.6 is 7.82 Å². The molecule has 0 unspecified atom stereocenters. The summed E-state index contributed by atoms with van der Waals surface area (Å²) in [5.41, 5.74) is 0.753. The second kappa shape index (κ2) is 12.9. The van der Waals surface area contributed by atoms with Crippen LogP contribution in [-0.2, 0) is 15.9 Å². The van der Waals surface area contributed by atoms with Gasteiger partial charge in [-0.1, -0.05) is 12.1 Å². The highest BCUT2D eigenvalue weighted by molar-refractivity contribution is 7.46. The summed E-state index contributed by atoms with van der Waals surface area (Å²) in [6.45, 7) is 5.30. The molecule has 0 atom stereocenters. The predicted molar refractivity (Wildman–Crippen MR) is 144 cm³/mol. The van der Waals surface area contributed by atoms with E-state index in [0.29, 0.717) is 23.0 Å². The summed E-state index contributed by atoms with van der Waals surface area (Å²) in [6, 6.07) is 9.54. The molecule has 0 aliphatic carbocycles. The Hall–Kier alpha value is -3.93. The van der Waals surface area contributed by atoms with E-state index in [9.17, 15) is 14.2 Å². The molecule has 3 rings (SSSR count). The molecular formula is C26H32N3O10P. The number of hydrogen-bond donors (Lipinski definition) is 3. The van der Waals surface area contributed by atoms with Crippen LogP contribution in [0.1, 0.15) is 49.7 Å². The zero-order valence-electron chi connectivity index (χ0n) is 22.8. The van der Waals surface area contributed by atoms with Crippen molar-refractivity contribution in [2.24, 2.45) is 0 Å². The van der Waals surface area contributed by atoms with Crippen molar-refractivity contribution in [3.8, 4) is 23.1 Å². The summed E-state index contributed by atoms with van der Waals surface area (Å²) in [5.74, 6) is -0.213. The molecular weight excluding hydrogens is 545 g/mol. The van der Waals surface area contributed by atoms with Crippen molar-refractivity contribution in [3.63, 3.8) is 0 Å². The molecule has 1 heterocycles. The zero-order chi connectivity index (χ0) is 29.5. The Bertz CT molecular complexity index is 1390. The van der Waals surface area contributed by atoms with Gasteiger partial charge in [0.15, 0.2) is 11.5 Å². The van der Waals surface area contributed by atoms with E-state index in [1.165, 1.54) is 26.4 Å². The zero-order valence-corrected chi connectivity index (χ0v) is 23.7. The highest BCUT2D eigenvalue weighted by atomic mass is 31.2. The van der Waals surface area contributed by atoms with E-state index in [-0.39, 0.29) is 54.2 Å². The minimum atomic E-state index is -4.82. The standard InChI is InChI=1S/C26H32N3O10P/c1-26(2,3)38-25(31)27-12-8-11-20(30)23-24(29-19-10-7-6-9-18(19)28-23)37-15-17-21(35-4)13-16(14-22(17)36-5)39-40(32,33)34/h6-7,9-10,13-14H,8,11-12,15H2,1-5H3,(H,27,31)(H2,32,33,34). The first kappa shape index (κ1) is 30.6. The van der Waals surface area contributed by atoms with Crippen molar-refractivity contribution in [1.29, 1.82) is 0 Å². The number of para-hydroxylation sites is 2. The molecule has 3 aromatic rings. The summed E-state index contributed by atoms with van der Waals surface area (Å²) in [4.78, 5) is 52.3. The van der Waals surface area contributed by atoms with Crippen molar-refractivity contribution >= 4 is 30.7 Å². The smallest absolute Gasteiger partial charge is 0.496 e. The molecule has 1 amide bonds. The number of carbonyl (C=O) groups is 2. The molecule has 0 spiro atoms. The van der Waals surface area contributed by atoms with Crippen LogP contribution in [0.15, 0.2) is 36.4 Å². The summed E-state index contributed by atoms with van der Waals surface area (Å²) in [6.07, 6.45) is -0.191. The first-order valence-corrected chi connectivity index (χ1v) is 13.7. The molecule has 1 aromatic heterocycles. The quantitative estimate of drug-likeness (QED) is 0.159. The summed E-state index contributed by atoms with van der Waals surface area (Å²) in [5, 5.41) is 2.61. The molecule has 0 fully saturated rings. The number of rotatable bonds is 12. The number of aromatic nitrogens is 2. The Morgan fingerprint density at radius 3 is 2.15 bits per heavy atom. The predicted octanol–water partition coefficient (Wildman–Crippen LogP) is 4.19. The number of nitrogens with zero attached hydrogens (tertiary/aromatic N) is 2. The van der Waals surface area contributed by atoms with Gasteiger partial charge in [-0.2, -0.15) is 0 Å². The van der Waals surface area contributed by atoms with Crippen molar-refractivity contribution < 1.29 is 47.4 Å². The lowest BCUT2D eigenvalue weighted by Gasteiger charge is -2.19. The van der Waals surface area contributed by atoms with E-state index in [0.717, 1.165) is 0 Å². The molecule has 0 saturated heterocycles. The SMILES string of the molecule is COc1cc(OP(=O)(O)O)cc(OC)c1COc1nc2ccccc2nc1C(=O)CCCNC(=O)OC(C)(C)C. The molecule has 3 N–H and O–H groups in total. The number of ketones is 1. The molecule has 2 aromatic carbocycles. The maximum atomic E-state index is 13.2. The van der Waals surface area contributed by atoms with Crippen molar-refractivity contribution in [1.82, 2.24) is 15.3 Å². The molecule has 216 valence electrons. The molecule has 0 aliphatic heterocycles. The van der Waals surface area contributed by atoms with Crippen molar-refractivity contribution in [2.45, 2.75) is 45.8 Å². The normalized spacial score (nSPS) is 11.6. The van der Waals surface area contributed by atoms with Gasteiger partial charge in [0, 0.05) is 25.1 Å². The van der Waals surface area contributed by atoms with E-state index >= 15 is 0 Å². The topological polar surface area (TPSA) is 176 Å². The summed E-state index contributed by atoms with van der Waals surface area (Å²) < 4.78 is 37.8. The molecule has 40 heavy (non-hydrogen) atoms. The number of amides is 1. The Morgan fingerprint density at radius 1 is 1.00 bits per heavy atom. The highest BCUT2D eigenvalue weighted by Crippen LogP contribution is 2.42. The van der Waals surface area contributed by atoms with Gasteiger partial charge in [-0.05, 0) is 39.3 Å². The Morgan fingerprint density at radius 2 is 1.60 bits per heavy atom. The van der Waals surface area contributed by atoms with Crippen LogP contribution in [0.4, 0.5) is 4.79 Å². The maximum Gasteiger partial charge on any atom is 0.524 e. The third-order valence-electron chi connectivity index (χ3n) is 5.21. The second-order valence-corrected chi connectivity index (χ2v) is 10.7. The highest BCUT2D eigenvalue weighted by Gasteiger charge is 2.23. The van der Waals surface area contributed by atoms with Gasteiger partial charge < -0.3 is 28.8 Å². The molecule has 0 saturated carbocycles. The fraction of sp³-hybridized carbons (Fsp3) is 0.385. The minimum Gasteiger partial charge on any atom is -0.496 e. The number of carbonyl (C=O) groups excluding carboxylic acids is 2. The van der Waals surface area contributed by atoms with Crippen LogP contribution in [0.3, 0.4) is 0 Å². The van der Waals surface area contributed by atoms with Gasteiger partial charge in [-0.25, -0.2) is 19.3 Å². The maximum absolute atomic E-state index is 13.2. The largest absolute Gasteiger partial charge is 0.524 e. The molecule has 0 radical (unpaired) electrons. The van der Waals surface area contributed by atoms with Crippen molar-refractivity contribution in [3.05, 3.63) is 47.7 Å². The van der Waals surface area contributed by atoms with Gasteiger partial charge in [-0.15, -0.1) is 0 Å². The first-order valence-electron chi connectivity index (χ1n) is 12.2. The molecule has 0 bridgehead atoms. The molecule has 0 aliphatic rings. The van der Waals surface area contributed by atoms with Crippen molar-refractivity contribution in [2.75, 3.05) is 20.8 Å². The number of phosphoric ester groups is 1. The fourth-order valence-corrected chi connectivity index (χ4v) is 3.95. The second-order valence-electron chi connectivity index (χ2n) is 9.50. The van der Waals surface area contributed by atoms with Crippen LogP contribution in [0.2, 0.25) is 0 Å². The number of phosphoric acid groups is 1. The third-order valence-corrected chi connectivity index (χ3v) is 5.66. The average molecular weight is 578 g/mol. The number of fused-ring (bicyclic) bond motifs is 1. The third kappa shape index (κ3) is 8.80. The van der Waals surface area contributed by atoms with Crippen LogP contribution in [0.5, 0.6) is 23.1 Å². The van der Waals surface area contributed by atoms with Gasteiger partial charge in [0.25, 0.3) is 0 Å². The monoisotopic (exact) mass is 577 g/mol. The van der Waals surface area contributed by atoms with Crippen LogP contribution in [0, 0.1) is 0 Å². The van der Waals surface area contributed by atoms with Gasteiger partial charge in [-0.3, -0.25) is 14.6 Å². The summed E-state index contributed by atoms with van der Waals surface area (Å²) in [7, 11) is -2.11. The Kier molecular flexibility index (Phi) is 9.91. The van der Waals surface area contributed by atoms with E-state index in [1.54, 1.807) is 45.0 Å². The van der Waals surface area contributed by atoms with Gasteiger partial charge in [0.1, 0.15) is 29.5 Å².